The fourth-order valence-electron chi connectivity index (χ4n) is 2.94. The smallest absolute Gasteiger partial charge is 0.133 e. The molecule has 0 spiro atoms. The Morgan fingerprint density at radius 2 is 1.94 bits per heavy atom. The first kappa shape index (κ1) is 13.7. The lowest BCUT2D eigenvalue weighted by Gasteiger charge is -2.33. The molecule has 0 bridgehead atoms. The SMILES string of the molecule is Cc1cc(C)c(CCl)c(N(C)C2CCCCC2)n1. The van der Waals surface area contributed by atoms with Crippen molar-refractivity contribution in [3.8, 4) is 0 Å². The third-order valence-corrected chi connectivity index (χ3v) is 4.31. The quantitative estimate of drug-likeness (QED) is 0.762. The summed E-state index contributed by atoms with van der Waals surface area (Å²) in [5.74, 6) is 1.64. The Balaban J connectivity index is 2.30. The minimum atomic E-state index is 0.547. The van der Waals surface area contributed by atoms with Crippen LogP contribution in [-0.2, 0) is 5.88 Å². The summed E-state index contributed by atoms with van der Waals surface area (Å²) in [7, 11) is 2.17. The van der Waals surface area contributed by atoms with E-state index in [1.165, 1.54) is 43.2 Å². The maximum atomic E-state index is 6.11. The van der Waals surface area contributed by atoms with Crippen molar-refractivity contribution in [1.82, 2.24) is 4.98 Å². The number of nitrogens with zero attached hydrogens (tertiary/aromatic N) is 2. The lowest BCUT2D eigenvalue weighted by Crippen LogP contribution is -2.34. The number of rotatable bonds is 3. The number of aromatic nitrogens is 1. The van der Waals surface area contributed by atoms with E-state index in [4.69, 9.17) is 16.6 Å². The summed E-state index contributed by atoms with van der Waals surface area (Å²) < 4.78 is 0. The summed E-state index contributed by atoms with van der Waals surface area (Å²) in [6, 6.07) is 2.75. The van der Waals surface area contributed by atoms with Gasteiger partial charge in [-0.1, -0.05) is 19.3 Å². The van der Waals surface area contributed by atoms with Gasteiger partial charge < -0.3 is 4.90 Å². The van der Waals surface area contributed by atoms with Crippen molar-refractivity contribution in [2.75, 3.05) is 11.9 Å². The van der Waals surface area contributed by atoms with Crippen molar-refractivity contribution in [3.05, 3.63) is 22.9 Å². The average Bonchev–Trinajstić information content (AvgIpc) is 2.38. The van der Waals surface area contributed by atoms with Crippen molar-refractivity contribution in [1.29, 1.82) is 0 Å². The average molecular weight is 267 g/mol. The molecule has 100 valence electrons. The van der Waals surface area contributed by atoms with Crippen LogP contribution in [0.3, 0.4) is 0 Å². The van der Waals surface area contributed by atoms with Crippen LogP contribution in [0, 0.1) is 13.8 Å². The molecule has 2 nitrogen and oxygen atoms in total. The second kappa shape index (κ2) is 5.92. The van der Waals surface area contributed by atoms with E-state index >= 15 is 0 Å². The van der Waals surface area contributed by atoms with Gasteiger partial charge in [-0.3, -0.25) is 0 Å². The maximum Gasteiger partial charge on any atom is 0.133 e. The molecule has 1 aliphatic carbocycles. The largest absolute Gasteiger partial charge is 0.356 e. The van der Waals surface area contributed by atoms with Gasteiger partial charge >= 0.3 is 0 Å². The van der Waals surface area contributed by atoms with Crippen LogP contribution in [0.1, 0.15) is 48.9 Å². The monoisotopic (exact) mass is 266 g/mol. The van der Waals surface area contributed by atoms with E-state index in [2.05, 4.69) is 31.9 Å². The van der Waals surface area contributed by atoms with Crippen LogP contribution in [0.2, 0.25) is 0 Å². The van der Waals surface area contributed by atoms with E-state index in [9.17, 15) is 0 Å². The van der Waals surface area contributed by atoms with Gasteiger partial charge in [0.2, 0.25) is 0 Å². The van der Waals surface area contributed by atoms with Gasteiger partial charge in [0.25, 0.3) is 0 Å². The highest BCUT2D eigenvalue weighted by Crippen LogP contribution is 2.29. The van der Waals surface area contributed by atoms with E-state index in [0.29, 0.717) is 11.9 Å². The number of hydrogen-bond acceptors (Lipinski definition) is 2. The van der Waals surface area contributed by atoms with Crippen LogP contribution in [0.15, 0.2) is 6.07 Å². The molecule has 0 amide bonds. The van der Waals surface area contributed by atoms with Crippen LogP contribution >= 0.6 is 11.6 Å². The van der Waals surface area contributed by atoms with Crippen molar-refractivity contribution in [2.45, 2.75) is 57.9 Å². The Labute approximate surface area is 115 Å². The Kier molecular flexibility index (Phi) is 4.50. The lowest BCUT2D eigenvalue weighted by atomic mass is 9.94. The molecule has 18 heavy (non-hydrogen) atoms. The Bertz CT molecular complexity index is 411. The summed E-state index contributed by atoms with van der Waals surface area (Å²) in [6.07, 6.45) is 6.64. The molecule has 1 aromatic heterocycles. The fraction of sp³-hybridized carbons (Fsp3) is 0.667. The molecular weight excluding hydrogens is 244 g/mol. The summed E-state index contributed by atoms with van der Waals surface area (Å²) >= 11 is 6.11. The van der Waals surface area contributed by atoms with Crippen molar-refractivity contribution < 1.29 is 0 Å². The van der Waals surface area contributed by atoms with Gasteiger partial charge in [0.1, 0.15) is 5.82 Å². The van der Waals surface area contributed by atoms with Crippen LogP contribution < -0.4 is 4.90 Å². The number of anilines is 1. The molecule has 0 radical (unpaired) electrons. The van der Waals surface area contributed by atoms with E-state index in [1.54, 1.807) is 0 Å². The Morgan fingerprint density at radius 1 is 1.28 bits per heavy atom. The normalized spacial score (nSPS) is 16.9. The molecule has 1 aliphatic rings. The number of aryl methyl sites for hydroxylation is 2. The first-order valence-electron chi connectivity index (χ1n) is 6.89. The zero-order chi connectivity index (χ0) is 13.1. The van der Waals surface area contributed by atoms with E-state index < -0.39 is 0 Å². The van der Waals surface area contributed by atoms with Crippen LogP contribution in [0.5, 0.6) is 0 Å². The van der Waals surface area contributed by atoms with Gasteiger partial charge in [-0.2, -0.15) is 0 Å². The van der Waals surface area contributed by atoms with Crippen LogP contribution in [-0.4, -0.2) is 18.1 Å². The first-order chi connectivity index (χ1) is 8.63. The number of hydrogen-bond donors (Lipinski definition) is 0. The van der Waals surface area contributed by atoms with E-state index in [1.807, 2.05) is 0 Å². The number of pyridine rings is 1. The summed E-state index contributed by atoms with van der Waals surface area (Å²) in [5.41, 5.74) is 3.53. The maximum absolute atomic E-state index is 6.11. The topological polar surface area (TPSA) is 16.1 Å². The number of halogens is 1. The molecule has 1 heterocycles. The predicted octanol–water partition coefficient (Wildman–Crippen LogP) is 4.21. The molecule has 1 aromatic rings. The third-order valence-electron chi connectivity index (χ3n) is 4.04. The zero-order valence-electron chi connectivity index (χ0n) is 11.7. The van der Waals surface area contributed by atoms with Gasteiger partial charge in [0.15, 0.2) is 0 Å². The summed E-state index contributed by atoms with van der Waals surface area (Å²) in [4.78, 5) is 7.08. The third kappa shape index (κ3) is 2.80. The predicted molar refractivity (Wildman–Crippen MR) is 78.5 cm³/mol. The minimum absolute atomic E-state index is 0.547. The van der Waals surface area contributed by atoms with Gasteiger partial charge in [0, 0.05) is 24.3 Å². The van der Waals surface area contributed by atoms with Crippen molar-refractivity contribution >= 4 is 17.4 Å². The summed E-state index contributed by atoms with van der Waals surface area (Å²) in [6.45, 7) is 4.19. The summed E-state index contributed by atoms with van der Waals surface area (Å²) in [5, 5.41) is 0. The molecule has 0 aliphatic heterocycles. The molecule has 2 rings (SSSR count). The molecule has 3 heteroatoms. The molecule has 0 saturated heterocycles. The van der Waals surface area contributed by atoms with Crippen LogP contribution in [0.25, 0.3) is 0 Å². The van der Waals surface area contributed by atoms with Gasteiger partial charge in [-0.15, -0.1) is 11.6 Å². The molecule has 0 atom stereocenters. The molecule has 0 aromatic carbocycles. The highest BCUT2D eigenvalue weighted by Gasteiger charge is 2.21. The van der Waals surface area contributed by atoms with E-state index in [-0.39, 0.29) is 0 Å². The molecule has 0 N–H and O–H groups in total. The molecule has 1 saturated carbocycles. The standard InChI is InChI=1S/C15H23ClN2/c1-11-9-12(2)17-15(14(11)10-16)18(3)13-7-5-4-6-8-13/h9,13H,4-8,10H2,1-3H3. The first-order valence-corrected chi connectivity index (χ1v) is 7.43. The number of alkyl halides is 1. The second-order valence-corrected chi connectivity index (χ2v) is 5.69. The van der Waals surface area contributed by atoms with Gasteiger partial charge in [-0.05, 0) is 38.3 Å². The second-order valence-electron chi connectivity index (χ2n) is 5.42. The van der Waals surface area contributed by atoms with Crippen molar-refractivity contribution in [2.24, 2.45) is 0 Å². The van der Waals surface area contributed by atoms with Crippen molar-refractivity contribution in [3.63, 3.8) is 0 Å². The van der Waals surface area contributed by atoms with Gasteiger partial charge in [-0.25, -0.2) is 4.98 Å². The molecule has 1 fully saturated rings. The molecular formula is C15H23ClN2. The highest BCUT2D eigenvalue weighted by molar-refractivity contribution is 6.17. The van der Waals surface area contributed by atoms with E-state index in [0.717, 1.165) is 11.5 Å². The minimum Gasteiger partial charge on any atom is -0.356 e. The van der Waals surface area contributed by atoms with Crippen LogP contribution in [0.4, 0.5) is 5.82 Å². The fourth-order valence-corrected chi connectivity index (χ4v) is 3.27. The zero-order valence-corrected chi connectivity index (χ0v) is 12.4. The van der Waals surface area contributed by atoms with Gasteiger partial charge in [0.05, 0.1) is 5.88 Å². The Hall–Kier alpha value is -0.760. The lowest BCUT2D eigenvalue weighted by molar-refractivity contribution is 0.425. The Morgan fingerprint density at radius 3 is 2.56 bits per heavy atom. The molecule has 0 unspecified atom stereocenters. The highest BCUT2D eigenvalue weighted by atomic mass is 35.5.